The first-order valence-electron chi connectivity index (χ1n) is 19.9. The lowest BCUT2D eigenvalue weighted by molar-refractivity contribution is 1.64. The van der Waals surface area contributed by atoms with E-state index in [0.717, 1.165) is 26.9 Å². The van der Waals surface area contributed by atoms with E-state index in [2.05, 4.69) is 215 Å². The van der Waals surface area contributed by atoms with Crippen LogP contribution in [0.15, 0.2) is 223 Å². The summed E-state index contributed by atoms with van der Waals surface area (Å²) in [7, 11) is 0. The normalized spacial score (nSPS) is 11.2. The maximum absolute atomic E-state index is 6.02. The second-order valence-corrected chi connectivity index (χ2v) is 15.7. The average molecular weight is 820 g/mol. The lowest BCUT2D eigenvalue weighted by Crippen LogP contribution is -1.94. The van der Waals surface area contributed by atoms with E-state index in [1.54, 1.807) is 0 Å². The number of halogens is 1. The molecule has 0 bridgehead atoms. The molecule has 0 radical (unpaired) electrons. The third kappa shape index (κ3) is 6.86. The fraction of sp³-hybridized carbons (Fsp3) is 0. The molecule has 0 unspecified atom stereocenters. The number of hydrogen-bond acceptors (Lipinski definition) is 2. The number of nitrogen functional groups attached to an aromatic ring is 1. The SMILES string of the molecule is Brc1cc2ccccc2c2ccccc12.Nc1cc2ccccc2c2ccccc12.c1ccc2c(c1)cc(Nc1cc3ccccc3c3ccccc13)c1ccccc12. The van der Waals surface area contributed by atoms with E-state index >= 15 is 0 Å². The molecule has 0 aliphatic heterocycles. The number of nitrogens with two attached hydrogens (primary N) is 1. The molecule has 0 heterocycles. The summed E-state index contributed by atoms with van der Waals surface area (Å²) in [5.41, 5.74) is 9.15. The van der Waals surface area contributed by atoms with Crippen molar-refractivity contribution >= 4 is 119 Å². The van der Waals surface area contributed by atoms with Crippen LogP contribution in [-0.4, -0.2) is 0 Å². The van der Waals surface area contributed by atoms with Crippen molar-refractivity contribution in [2.24, 2.45) is 0 Å². The van der Waals surface area contributed by atoms with Gasteiger partial charge in [-0.3, -0.25) is 0 Å². The van der Waals surface area contributed by atoms with Crippen molar-refractivity contribution in [2.45, 2.75) is 0 Å². The van der Waals surface area contributed by atoms with Crippen molar-refractivity contribution in [1.29, 1.82) is 0 Å². The van der Waals surface area contributed by atoms with Crippen LogP contribution in [-0.2, 0) is 0 Å². The van der Waals surface area contributed by atoms with Gasteiger partial charge in [-0.2, -0.15) is 0 Å². The number of hydrogen-bond donors (Lipinski definition) is 2. The smallest absolute Gasteiger partial charge is 0.0470 e. The number of fused-ring (bicyclic) bond motifs is 12. The molecule has 0 aliphatic rings. The minimum atomic E-state index is 0.851. The van der Waals surface area contributed by atoms with Gasteiger partial charge in [-0.05, 0) is 94.3 Å². The van der Waals surface area contributed by atoms with Gasteiger partial charge in [-0.15, -0.1) is 0 Å². The van der Waals surface area contributed by atoms with Crippen LogP contribution in [0, 0.1) is 0 Å². The third-order valence-electron chi connectivity index (χ3n) is 11.3. The Labute approximate surface area is 351 Å². The summed E-state index contributed by atoms with van der Waals surface area (Å²) in [4.78, 5) is 0. The first kappa shape index (κ1) is 36.2. The molecular formula is C56H39BrN2. The van der Waals surface area contributed by atoms with Crippen LogP contribution in [0.2, 0.25) is 0 Å². The van der Waals surface area contributed by atoms with Gasteiger partial charge in [0.1, 0.15) is 0 Å². The fourth-order valence-electron chi connectivity index (χ4n) is 8.55. The van der Waals surface area contributed by atoms with Crippen LogP contribution in [0.5, 0.6) is 0 Å². The Morgan fingerprint density at radius 1 is 0.271 bits per heavy atom. The minimum absolute atomic E-state index is 0.851. The largest absolute Gasteiger partial charge is 0.398 e. The van der Waals surface area contributed by atoms with Crippen LogP contribution >= 0.6 is 15.9 Å². The molecule has 12 aromatic rings. The molecule has 59 heavy (non-hydrogen) atoms. The van der Waals surface area contributed by atoms with Gasteiger partial charge >= 0.3 is 0 Å². The molecule has 0 amide bonds. The second kappa shape index (κ2) is 15.6. The standard InChI is InChI=1S/C28H19N.C14H9Br.C14H11N/c1-3-11-21-19(9-1)17-27(25-15-7-5-13-23(21)25)29-28-18-20-10-2-4-12-22(20)24-14-6-8-16-26(24)28;2*15-14-9-10-5-1-2-6-11(10)12-7-3-4-8-13(12)14/h1-18,29H;1-9H;1-9H,15H2. The van der Waals surface area contributed by atoms with Crippen LogP contribution in [0.4, 0.5) is 17.1 Å². The Kier molecular flexibility index (Phi) is 9.58. The highest BCUT2D eigenvalue weighted by Gasteiger charge is 2.11. The quantitative estimate of drug-likeness (QED) is 0.135. The number of nitrogens with one attached hydrogen (secondary N) is 1. The van der Waals surface area contributed by atoms with Gasteiger partial charge in [-0.1, -0.05) is 210 Å². The molecule has 0 aromatic heterocycles. The summed E-state index contributed by atoms with van der Waals surface area (Å²) < 4.78 is 1.16. The zero-order chi connectivity index (χ0) is 39.7. The lowest BCUT2D eigenvalue weighted by atomic mass is 9.98. The van der Waals surface area contributed by atoms with Gasteiger partial charge in [0.2, 0.25) is 0 Å². The highest BCUT2D eigenvalue weighted by molar-refractivity contribution is 9.10. The molecule has 0 saturated heterocycles. The predicted octanol–water partition coefficient (Wildman–Crippen LogP) is 16.4. The Bertz CT molecular complexity index is 3280. The van der Waals surface area contributed by atoms with Gasteiger partial charge in [0.05, 0.1) is 0 Å². The summed E-state index contributed by atoms with van der Waals surface area (Å²) >= 11 is 3.62. The maximum atomic E-state index is 6.02. The fourth-order valence-corrected chi connectivity index (χ4v) is 9.14. The first-order valence-corrected chi connectivity index (χ1v) is 20.7. The van der Waals surface area contributed by atoms with Crippen LogP contribution < -0.4 is 11.1 Å². The molecular weight excluding hydrogens is 781 g/mol. The summed E-state index contributed by atoms with van der Waals surface area (Å²) in [6.45, 7) is 0. The molecule has 280 valence electrons. The second-order valence-electron chi connectivity index (χ2n) is 14.9. The molecule has 2 nitrogen and oxygen atoms in total. The van der Waals surface area contributed by atoms with Crippen molar-refractivity contribution in [2.75, 3.05) is 11.1 Å². The minimum Gasteiger partial charge on any atom is -0.398 e. The Morgan fingerprint density at radius 3 is 0.966 bits per heavy atom. The Balaban J connectivity index is 0.000000118. The summed E-state index contributed by atoms with van der Waals surface area (Å²) in [5, 5.41) is 23.9. The van der Waals surface area contributed by atoms with Crippen LogP contribution in [0.1, 0.15) is 0 Å². The van der Waals surface area contributed by atoms with Gasteiger partial charge in [0, 0.05) is 37.7 Å². The zero-order valence-electron chi connectivity index (χ0n) is 32.2. The molecule has 0 spiro atoms. The van der Waals surface area contributed by atoms with Crippen molar-refractivity contribution in [3.63, 3.8) is 0 Å². The van der Waals surface area contributed by atoms with Crippen molar-refractivity contribution in [1.82, 2.24) is 0 Å². The highest BCUT2D eigenvalue weighted by Crippen LogP contribution is 2.38. The monoisotopic (exact) mass is 818 g/mol. The summed E-state index contributed by atoms with van der Waals surface area (Å²) in [6.07, 6.45) is 0. The summed E-state index contributed by atoms with van der Waals surface area (Å²) in [5.74, 6) is 0. The van der Waals surface area contributed by atoms with E-state index in [9.17, 15) is 0 Å². The number of anilines is 3. The topological polar surface area (TPSA) is 38.0 Å². The average Bonchev–Trinajstić information content (AvgIpc) is 3.30. The van der Waals surface area contributed by atoms with E-state index in [1.807, 2.05) is 24.3 Å². The number of benzene rings is 12. The van der Waals surface area contributed by atoms with Crippen molar-refractivity contribution in [3.05, 3.63) is 223 Å². The van der Waals surface area contributed by atoms with Crippen LogP contribution in [0.3, 0.4) is 0 Å². The summed E-state index contributed by atoms with van der Waals surface area (Å²) in [6, 6.07) is 76.8. The van der Waals surface area contributed by atoms with Gasteiger partial charge in [-0.25, -0.2) is 0 Å². The molecule has 0 fully saturated rings. The molecule has 3 heteroatoms. The predicted molar refractivity (Wildman–Crippen MR) is 261 cm³/mol. The van der Waals surface area contributed by atoms with Crippen molar-refractivity contribution in [3.8, 4) is 0 Å². The lowest BCUT2D eigenvalue weighted by Gasteiger charge is -2.16. The van der Waals surface area contributed by atoms with Gasteiger partial charge in [0.25, 0.3) is 0 Å². The maximum Gasteiger partial charge on any atom is 0.0470 e. The van der Waals surface area contributed by atoms with E-state index < -0.39 is 0 Å². The van der Waals surface area contributed by atoms with E-state index in [4.69, 9.17) is 5.73 Å². The van der Waals surface area contributed by atoms with E-state index in [1.165, 1.54) is 80.8 Å². The van der Waals surface area contributed by atoms with Gasteiger partial charge in [0.15, 0.2) is 0 Å². The van der Waals surface area contributed by atoms with Gasteiger partial charge < -0.3 is 11.1 Å². The Hall–Kier alpha value is -7.20. The molecule has 3 N–H and O–H groups in total. The molecule has 12 aromatic carbocycles. The molecule has 0 saturated carbocycles. The first-order chi connectivity index (χ1) is 29.1. The van der Waals surface area contributed by atoms with Crippen LogP contribution in [0.25, 0.3) is 86.2 Å². The van der Waals surface area contributed by atoms with E-state index in [0.29, 0.717) is 0 Å². The Morgan fingerprint density at radius 2 is 0.542 bits per heavy atom. The molecule has 0 aliphatic carbocycles. The zero-order valence-corrected chi connectivity index (χ0v) is 33.8. The third-order valence-corrected chi connectivity index (χ3v) is 12.0. The number of rotatable bonds is 2. The van der Waals surface area contributed by atoms with Crippen molar-refractivity contribution < 1.29 is 0 Å². The van der Waals surface area contributed by atoms with E-state index in [-0.39, 0.29) is 0 Å². The molecule has 0 atom stereocenters. The highest BCUT2D eigenvalue weighted by atomic mass is 79.9. The molecule has 12 rings (SSSR count).